The minimum Gasteiger partial charge on any atom is -0.448 e. The van der Waals surface area contributed by atoms with Crippen LogP contribution in [0.5, 0.6) is 0 Å². The van der Waals surface area contributed by atoms with Gasteiger partial charge in [0.25, 0.3) is 5.91 Å². The van der Waals surface area contributed by atoms with Crippen LogP contribution in [0.25, 0.3) is 11.1 Å². The molecule has 0 radical (unpaired) electrons. The molecule has 2 aliphatic rings. The van der Waals surface area contributed by atoms with Crippen LogP contribution in [0, 0.1) is 12.8 Å². The van der Waals surface area contributed by atoms with Gasteiger partial charge in [0.15, 0.2) is 22.5 Å². The molecule has 3 aromatic carbocycles. The minimum atomic E-state index is -0.406. The number of hydrogen-bond acceptors (Lipinski definition) is 8. The lowest BCUT2D eigenvalue weighted by Gasteiger charge is -2.27. The number of nitrogens with zero attached hydrogens (tertiary/aromatic N) is 3. The molecule has 2 heterocycles. The number of carbonyl (C=O) groups excluding carboxylic acids is 2. The van der Waals surface area contributed by atoms with E-state index in [1.54, 1.807) is 4.90 Å². The molecule has 0 unspecified atom stereocenters. The Morgan fingerprint density at radius 2 is 1.56 bits per heavy atom. The van der Waals surface area contributed by atoms with Gasteiger partial charge in [-0.25, -0.2) is 14.8 Å². The summed E-state index contributed by atoms with van der Waals surface area (Å²) >= 11 is 5.75. The fourth-order valence-corrected chi connectivity index (χ4v) is 6.42. The summed E-state index contributed by atoms with van der Waals surface area (Å²) in [6.45, 7) is 5.84. The molecule has 1 aliphatic heterocycles. The van der Waals surface area contributed by atoms with Crippen LogP contribution in [0.15, 0.2) is 72.8 Å². The Kier molecular flexibility index (Phi) is 11.9. The monoisotopic (exact) mass is 669 g/mol. The van der Waals surface area contributed by atoms with E-state index in [2.05, 4.69) is 88.2 Å². The number of aryl methyl sites for hydroxylation is 2. The third kappa shape index (κ3) is 8.62. The number of hydrogen-bond donors (Lipinski definition) is 4. The Morgan fingerprint density at radius 1 is 0.938 bits per heavy atom. The van der Waals surface area contributed by atoms with Gasteiger partial charge in [0.2, 0.25) is 0 Å². The van der Waals surface area contributed by atoms with Crippen LogP contribution in [-0.2, 0) is 11.2 Å². The van der Waals surface area contributed by atoms with Gasteiger partial charge in [0.05, 0.1) is 0 Å². The highest BCUT2D eigenvalue weighted by Crippen LogP contribution is 2.44. The number of anilines is 2. The molecular formula is C37H44ClN7O3. The van der Waals surface area contributed by atoms with Gasteiger partial charge in [-0.2, -0.15) is 0 Å². The average molecular weight is 670 g/mol. The van der Waals surface area contributed by atoms with Crippen molar-refractivity contribution < 1.29 is 14.3 Å². The van der Waals surface area contributed by atoms with Crippen molar-refractivity contribution in [3.8, 4) is 11.1 Å². The third-order valence-corrected chi connectivity index (χ3v) is 9.21. The van der Waals surface area contributed by atoms with Crippen LogP contribution in [0.1, 0.15) is 57.9 Å². The predicted octanol–water partition coefficient (Wildman–Crippen LogP) is 5.83. The Balaban J connectivity index is 0.000000191. The van der Waals surface area contributed by atoms with Crippen LogP contribution in [0.4, 0.5) is 16.4 Å². The van der Waals surface area contributed by atoms with E-state index in [0.29, 0.717) is 19.1 Å². The van der Waals surface area contributed by atoms with Gasteiger partial charge in [0.1, 0.15) is 6.61 Å². The fourth-order valence-electron chi connectivity index (χ4n) is 6.29. The summed E-state index contributed by atoms with van der Waals surface area (Å²) in [6, 6.07) is 25.0. The molecule has 1 aliphatic carbocycles. The molecule has 252 valence electrons. The quantitative estimate of drug-likeness (QED) is 0.163. The number of fused-ring (bicyclic) bond motifs is 3. The number of rotatable bonds is 9. The number of nitrogens with one attached hydrogen (secondary N) is 2. The highest BCUT2D eigenvalue weighted by Gasteiger charge is 2.29. The summed E-state index contributed by atoms with van der Waals surface area (Å²) in [5, 5.41) is 6.09. The molecule has 10 nitrogen and oxygen atoms in total. The smallest absolute Gasteiger partial charge is 0.409 e. The molecular weight excluding hydrogens is 626 g/mol. The van der Waals surface area contributed by atoms with Crippen molar-refractivity contribution in [2.45, 2.75) is 38.5 Å². The van der Waals surface area contributed by atoms with E-state index in [0.717, 1.165) is 45.3 Å². The number of nitrogen functional groups attached to an aromatic ring is 2. The zero-order chi connectivity index (χ0) is 34.0. The summed E-state index contributed by atoms with van der Waals surface area (Å²) in [7, 11) is 1.85. The molecule has 11 heteroatoms. The van der Waals surface area contributed by atoms with E-state index in [1.807, 2.05) is 19.2 Å². The van der Waals surface area contributed by atoms with Crippen LogP contribution >= 0.6 is 11.6 Å². The molecule has 1 aromatic heterocycles. The molecule has 1 saturated heterocycles. The molecule has 0 spiro atoms. The van der Waals surface area contributed by atoms with Gasteiger partial charge in [-0.1, -0.05) is 84.4 Å². The zero-order valence-electron chi connectivity index (χ0n) is 27.5. The van der Waals surface area contributed by atoms with Crippen molar-refractivity contribution in [2.24, 2.45) is 5.92 Å². The van der Waals surface area contributed by atoms with Crippen LogP contribution in [-0.4, -0.2) is 66.7 Å². The van der Waals surface area contributed by atoms with Crippen LogP contribution in [0.3, 0.4) is 0 Å². The summed E-state index contributed by atoms with van der Waals surface area (Å²) in [4.78, 5) is 33.9. The summed E-state index contributed by atoms with van der Waals surface area (Å²) in [5.41, 5.74) is 18.6. The first-order valence-electron chi connectivity index (χ1n) is 16.4. The van der Waals surface area contributed by atoms with E-state index >= 15 is 0 Å². The number of benzene rings is 3. The topological polar surface area (TPSA) is 148 Å². The highest BCUT2D eigenvalue weighted by atomic mass is 35.5. The number of nitrogens with two attached hydrogens (primary N) is 2. The lowest BCUT2D eigenvalue weighted by Crippen LogP contribution is -2.37. The Morgan fingerprint density at radius 3 is 2.23 bits per heavy atom. The Hall–Kier alpha value is -4.67. The molecule has 0 saturated carbocycles. The highest BCUT2D eigenvalue weighted by molar-refractivity contribution is 6.31. The maximum atomic E-state index is 12.5. The first-order valence-corrected chi connectivity index (χ1v) is 16.8. The van der Waals surface area contributed by atoms with Crippen molar-refractivity contribution >= 4 is 35.2 Å². The van der Waals surface area contributed by atoms with Gasteiger partial charge in [-0.3, -0.25) is 4.79 Å². The van der Waals surface area contributed by atoms with Gasteiger partial charge in [0, 0.05) is 26.1 Å². The van der Waals surface area contributed by atoms with Crippen LogP contribution < -0.4 is 22.1 Å². The van der Waals surface area contributed by atoms with Gasteiger partial charge in [-0.15, -0.1) is 0 Å². The normalized spacial score (nSPS) is 13.9. The lowest BCUT2D eigenvalue weighted by atomic mass is 9.98. The molecule has 4 aromatic rings. The van der Waals surface area contributed by atoms with Crippen molar-refractivity contribution in [2.75, 3.05) is 51.3 Å². The maximum Gasteiger partial charge on any atom is 0.409 e. The second-order valence-electron chi connectivity index (χ2n) is 12.3. The van der Waals surface area contributed by atoms with Crippen molar-refractivity contribution in [3.05, 3.63) is 106 Å². The number of aromatic nitrogens is 2. The van der Waals surface area contributed by atoms with Gasteiger partial charge >= 0.3 is 6.09 Å². The minimum absolute atomic E-state index is 0.00454. The number of amides is 2. The molecule has 1 fully saturated rings. The van der Waals surface area contributed by atoms with Crippen molar-refractivity contribution in [1.29, 1.82) is 0 Å². The third-order valence-electron chi connectivity index (χ3n) is 8.93. The largest absolute Gasteiger partial charge is 0.448 e. The van der Waals surface area contributed by atoms with E-state index in [9.17, 15) is 9.59 Å². The number of piperidine rings is 1. The van der Waals surface area contributed by atoms with Crippen molar-refractivity contribution in [1.82, 2.24) is 25.5 Å². The van der Waals surface area contributed by atoms with Gasteiger partial charge < -0.3 is 31.7 Å². The van der Waals surface area contributed by atoms with E-state index in [-0.39, 0.29) is 34.5 Å². The first-order chi connectivity index (χ1) is 23.2. The molecule has 48 heavy (non-hydrogen) atoms. The predicted molar refractivity (Wildman–Crippen MR) is 191 cm³/mol. The molecule has 6 rings (SSSR count). The molecule has 2 amide bonds. The van der Waals surface area contributed by atoms with Gasteiger partial charge in [-0.05, 0) is 85.0 Å². The maximum absolute atomic E-state index is 12.5. The van der Waals surface area contributed by atoms with E-state index in [4.69, 9.17) is 27.8 Å². The van der Waals surface area contributed by atoms with E-state index in [1.165, 1.54) is 33.4 Å². The van der Waals surface area contributed by atoms with E-state index < -0.39 is 5.91 Å². The lowest BCUT2D eigenvalue weighted by molar-refractivity contribution is 0.0948. The zero-order valence-corrected chi connectivity index (χ0v) is 28.3. The summed E-state index contributed by atoms with van der Waals surface area (Å²) in [6.07, 6.45) is 3.73. The van der Waals surface area contributed by atoms with Crippen molar-refractivity contribution in [3.63, 3.8) is 0 Å². The summed E-state index contributed by atoms with van der Waals surface area (Å²) < 4.78 is 5.71. The summed E-state index contributed by atoms with van der Waals surface area (Å²) in [5.74, 6) is 0.269. The number of ether oxygens (including phenoxy) is 1. The molecule has 0 bridgehead atoms. The average Bonchev–Trinajstić information content (AvgIpc) is 3.42. The second-order valence-corrected chi connectivity index (χ2v) is 12.7. The molecule has 0 atom stereocenters. The first kappa shape index (κ1) is 34.7. The van der Waals surface area contributed by atoms with Crippen LogP contribution in [0.2, 0.25) is 5.15 Å². The molecule has 6 N–H and O–H groups in total. The Bertz CT molecular complexity index is 1680. The SMILES string of the molecule is CN(CC1CCNCC1)C(=O)OCC1c2ccccc2-c2ccccc21.Cc1ccccc1CCCNC(=O)c1nc(Cl)c(N)nc1N. The number of carbonyl (C=O) groups is 2. The second kappa shape index (κ2) is 16.4. The Labute approximate surface area is 287 Å². The standard InChI is InChI=1S/C22H26N2O2.C15H18ClN5O/c1-24(14-16-10-12-23-13-11-16)22(25)26-15-21-19-8-4-2-6-17(19)18-7-3-5-9-20(18)21;1-9-5-2-3-6-10(9)7-4-8-19-15(22)11-13(17)21-14(18)12(16)20-11/h2-9,16,21,23H,10-15H2,1H3;2-3,5-6H,4,7-8H2,1H3,(H,19,22)(H4,17,18,21). The fraction of sp³-hybridized carbons (Fsp3) is 0.351. The number of halogens is 1.